The summed E-state index contributed by atoms with van der Waals surface area (Å²) in [7, 11) is -3.49. The summed E-state index contributed by atoms with van der Waals surface area (Å²) in [5.41, 5.74) is 0.481. The molecule has 0 aliphatic heterocycles. The maximum atomic E-state index is 12.5. The van der Waals surface area contributed by atoms with Gasteiger partial charge in [0.25, 0.3) is 5.91 Å². The number of rotatable bonds is 10. The van der Waals surface area contributed by atoms with Gasteiger partial charge in [-0.1, -0.05) is 40.5 Å². The van der Waals surface area contributed by atoms with Crippen molar-refractivity contribution in [1.29, 1.82) is 0 Å². The Hall–Kier alpha value is -1.40. The molecular weight excluding hydrogens is 336 g/mol. The molecule has 1 aromatic carbocycles. The van der Waals surface area contributed by atoms with E-state index in [0.717, 1.165) is 19.3 Å². The van der Waals surface area contributed by atoms with Crippen LogP contribution in [0.3, 0.4) is 0 Å². The summed E-state index contributed by atoms with van der Waals surface area (Å²) < 4.78 is 26.3. The molecule has 0 radical (unpaired) electrons. The molecule has 1 atom stereocenters. The van der Waals surface area contributed by atoms with Gasteiger partial charge in [-0.2, -0.15) is 4.31 Å². The van der Waals surface area contributed by atoms with Gasteiger partial charge in [0.1, 0.15) is 0 Å². The van der Waals surface area contributed by atoms with Gasteiger partial charge in [0.2, 0.25) is 10.0 Å². The number of carbonyl (C=O) groups is 1. The summed E-state index contributed by atoms with van der Waals surface area (Å²) in [6.45, 7) is 10.8. The Labute approximate surface area is 152 Å². The third kappa shape index (κ3) is 6.44. The molecule has 0 bridgehead atoms. The van der Waals surface area contributed by atoms with Crippen molar-refractivity contribution >= 4 is 15.9 Å². The minimum absolute atomic E-state index is 0.102. The second kappa shape index (κ2) is 9.92. The van der Waals surface area contributed by atoms with E-state index in [2.05, 4.69) is 19.2 Å². The minimum Gasteiger partial charge on any atom is -0.350 e. The fourth-order valence-electron chi connectivity index (χ4n) is 2.70. The van der Waals surface area contributed by atoms with Gasteiger partial charge in [-0.3, -0.25) is 4.79 Å². The molecule has 0 saturated heterocycles. The average molecular weight is 369 g/mol. The summed E-state index contributed by atoms with van der Waals surface area (Å²) in [4.78, 5) is 12.5. The van der Waals surface area contributed by atoms with Crippen molar-refractivity contribution in [2.75, 3.05) is 13.1 Å². The predicted octanol–water partition coefficient (Wildman–Crippen LogP) is 3.66. The Morgan fingerprint density at radius 3 is 2.08 bits per heavy atom. The highest BCUT2D eigenvalue weighted by atomic mass is 32.2. The summed E-state index contributed by atoms with van der Waals surface area (Å²) in [5.74, 6) is 0.507. The highest BCUT2D eigenvalue weighted by Gasteiger charge is 2.21. The Morgan fingerprint density at radius 2 is 1.60 bits per heavy atom. The molecule has 1 aromatic rings. The number of hydrogen-bond acceptors (Lipinski definition) is 3. The fraction of sp³-hybridized carbons (Fsp3) is 0.632. The van der Waals surface area contributed by atoms with Gasteiger partial charge >= 0.3 is 0 Å². The van der Waals surface area contributed by atoms with Gasteiger partial charge in [-0.15, -0.1) is 0 Å². The lowest BCUT2D eigenvalue weighted by atomic mass is 10.0. The van der Waals surface area contributed by atoms with E-state index in [-0.39, 0.29) is 16.8 Å². The van der Waals surface area contributed by atoms with Gasteiger partial charge in [-0.05, 0) is 43.5 Å². The van der Waals surface area contributed by atoms with E-state index in [4.69, 9.17) is 0 Å². The van der Waals surface area contributed by atoms with E-state index in [1.54, 1.807) is 12.1 Å². The van der Waals surface area contributed by atoms with Gasteiger partial charge in [0.15, 0.2) is 0 Å². The second-order valence-corrected chi connectivity index (χ2v) is 8.75. The first kappa shape index (κ1) is 21.6. The lowest BCUT2D eigenvalue weighted by Crippen LogP contribution is -2.33. The Kier molecular flexibility index (Phi) is 8.59. The molecule has 0 unspecified atom stereocenters. The van der Waals surface area contributed by atoms with Crippen LogP contribution in [0.2, 0.25) is 0 Å². The van der Waals surface area contributed by atoms with Crippen molar-refractivity contribution in [1.82, 2.24) is 9.62 Å². The van der Waals surface area contributed by atoms with Crippen LogP contribution in [-0.4, -0.2) is 37.8 Å². The Balaban J connectivity index is 2.71. The maximum Gasteiger partial charge on any atom is 0.251 e. The smallest absolute Gasteiger partial charge is 0.251 e. The lowest BCUT2D eigenvalue weighted by Gasteiger charge is -2.18. The van der Waals surface area contributed by atoms with Crippen LogP contribution in [0.1, 0.15) is 64.2 Å². The number of sulfonamides is 1. The van der Waals surface area contributed by atoms with Crippen LogP contribution < -0.4 is 5.32 Å². The molecule has 1 rings (SSSR count). The number of amides is 1. The zero-order chi connectivity index (χ0) is 19.0. The summed E-state index contributed by atoms with van der Waals surface area (Å²) in [6, 6.07) is 6.27. The van der Waals surface area contributed by atoms with E-state index in [0.29, 0.717) is 24.6 Å². The maximum absolute atomic E-state index is 12.5. The molecule has 0 spiro atoms. The van der Waals surface area contributed by atoms with Crippen LogP contribution >= 0.6 is 0 Å². The van der Waals surface area contributed by atoms with Crippen LogP contribution in [0.5, 0.6) is 0 Å². The molecule has 1 N–H and O–H groups in total. The zero-order valence-electron chi connectivity index (χ0n) is 16.1. The summed E-state index contributed by atoms with van der Waals surface area (Å²) in [6.07, 6.45) is 3.18. The van der Waals surface area contributed by atoms with Crippen molar-refractivity contribution in [2.24, 2.45) is 5.92 Å². The predicted molar refractivity (Wildman–Crippen MR) is 102 cm³/mol. The van der Waals surface area contributed by atoms with Gasteiger partial charge in [0.05, 0.1) is 4.90 Å². The van der Waals surface area contributed by atoms with Gasteiger partial charge in [-0.25, -0.2) is 8.42 Å². The Morgan fingerprint density at radius 1 is 1.04 bits per heavy atom. The minimum atomic E-state index is -3.49. The molecular formula is C19H32N2O3S. The van der Waals surface area contributed by atoms with E-state index >= 15 is 0 Å². The van der Waals surface area contributed by atoms with Crippen molar-refractivity contribution in [2.45, 2.75) is 64.8 Å². The molecule has 6 heteroatoms. The summed E-state index contributed by atoms with van der Waals surface area (Å²) >= 11 is 0. The van der Waals surface area contributed by atoms with E-state index in [1.807, 2.05) is 20.8 Å². The van der Waals surface area contributed by atoms with Gasteiger partial charge in [0, 0.05) is 24.7 Å². The van der Waals surface area contributed by atoms with Crippen LogP contribution in [0.25, 0.3) is 0 Å². The van der Waals surface area contributed by atoms with E-state index < -0.39 is 10.0 Å². The largest absolute Gasteiger partial charge is 0.350 e. The lowest BCUT2D eigenvalue weighted by molar-refractivity contribution is 0.0937. The third-order valence-electron chi connectivity index (χ3n) is 4.26. The van der Waals surface area contributed by atoms with Crippen molar-refractivity contribution in [3.05, 3.63) is 29.8 Å². The quantitative estimate of drug-likeness (QED) is 0.685. The van der Waals surface area contributed by atoms with Crippen LogP contribution in [0.4, 0.5) is 0 Å². The van der Waals surface area contributed by atoms with Crippen molar-refractivity contribution in [3.63, 3.8) is 0 Å². The first-order valence-electron chi connectivity index (χ1n) is 9.13. The topological polar surface area (TPSA) is 66.5 Å². The van der Waals surface area contributed by atoms with E-state index in [1.165, 1.54) is 16.4 Å². The molecule has 142 valence electrons. The molecule has 0 aromatic heterocycles. The fourth-order valence-corrected chi connectivity index (χ4v) is 4.16. The first-order chi connectivity index (χ1) is 11.7. The SMILES string of the molecule is CCN(CC)S(=O)(=O)c1ccc(C(=O)N[C@H](C)CCCC(C)C)cc1. The van der Waals surface area contributed by atoms with Crippen LogP contribution in [0, 0.1) is 5.92 Å². The molecule has 0 saturated carbocycles. The number of hydrogen-bond donors (Lipinski definition) is 1. The average Bonchev–Trinajstić information content (AvgIpc) is 2.55. The highest BCUT2D eigenvalue weighted by molar-refractivity contribution is 7.89. The molecule has 5 nitrogen and oxygen atoms in total. The number of carbonyl (C=O) groups excluding carboxylic acids is 1. The highest BCUT2D eigenvalue weighted by Crippen LogP contribution is 2.16. The normalized spacial score (nSPS) is 13.2. The van der Waals surface area contributed by atoms with Crippen LogP contribution in [-0.2, 0) is 10.0 Å². The van der Waals surface area contributed by atoms with Crippen molar-refractivity contribution in [3.8, 4) is 0 Å². The molecule has 1 amide bonds. The van der Waals surface area contributed by atoms with Crippen molar-refractivity contribution < 1.29 is 13.2 Å². The van der Waals surface area contributed by atoms with Gasteiger partial charge < -0.3 is 5.32 Å². The number of nitrogens with zero attached hydrogens (tertiary/aromatic N) is 1. The monoisotopic (exact) mass is 368 g/mol. The molecule has 25 heavy (non-hydrogen) atoms. The molecule has 0 heterocycles. The summed E-state index contributed by atoms with van der Waals surface area (Å²) in [5, 5.41) is 2.97. The standard InChI is InChI=1S/C19H32N2O3S/c1-6-21(7-2)25(23,24)18-13-11-17(12-14-18)19(22)20-16(5)10-8-9-15(3)4/h11-16H,6-10H2,1-5H3,(H,20,22)/t16-/m1/s1. The second-order valence-electron chi connectivity index (χ2n) is 6.81. The Bertz CT molecular complexity index is 635. The number of benzene rings is 1. The first-order valence-corrected chi connectivity index (χ1v) is 10.6. The zero-order valence-corrected chi connectivity index (χ0v) is 16.9. The molecule has 0 fully saturated rings. The van der Waals surface area contributed by atoms with Crippen LogP contribution in [0.15, 0.2) is 29.2 Å². The molecule has 0 aliphatic rings. The third-order valence-corrected chi connectivity index (χ3v) is 6.32. The molecule has 0 aliphatic carbocycles. The van der Waals surface area contributed by atoms with E-state index in [9.17, 15) is 13.2 Å². The number of nitrogens with one attached hydrogen (secondary N) is 1.